The van der Waals surface area contributed by atoms with Crippen molar-refractivity contribution < 1.29 is 9.59 Å². The third kappa shape index (κ3) is 5.22. The highest BCUT2D eigenvalue weighted by Crippen LogP contribution is 2.34. The van der Waals surface area contributed by atoms with Gasteiger partial charge in [0.25, 0.3) is 5.91 Å². The molecule has 2 amide bonds. The van der Waals surface area contributed by atoms with E-state index in [1.807, 2.05) is 25.9 Å². The number of carbonyl (C=O) groups is 2. The minimum atomic E-state index is -0.116. The van der Waals surface area contributed by atoms with Crippen LogP contribution < -0.4 is 10.6 Å². The van der Waals surface area contributed by atoms with E-state index < -0.39 is 0 Å². The van der Waals surface area contributed by atoms with Gasteiger partial charge in [0, 0.05) is 25.8 Å². The highest BCUT2D eigenvalue weighted by atomic mass is 32.2. The smallest absolute Gasteiger partial charge is 0.276 e. The zero-order valence-corrected chi connectivity index (χ0v) is 15.5. The molecule has 0 spiro atoms. The van der Waals surface area contributed by atoms with Gasteiger partial charge in [-0.1, -0.05) is 23.5 Å². The summed E-state index contributed by atoms with van der Waals surface area (Å²) in [5, 5.41) is 6.99. The highest BCUT2D eigenvalue weighted by molar-refractivity contribution is 8.16. The van der Waals surface area contributed by atoms with Crippen molar-refractivity contribution in [3.8, 4) is 0 Å². The molecule has 0 saturated carbocycles. The molecule has 0 aromatic carbocycles. The molecule has 2 N–H and O–H groups in total. The normalized spacial score (nSPS) is 26.9. The largest absolute Gasteiger partial charge is 0.349 e. The number of aliphatic imine (C=N–C) groups is 2. The molecule has 2 heterocycles. The first-order valence-electron chi connectivity index (χ1n) is 7.52. The summed E-state index contributed by atoms with van der Waals surface area (Å²) in [5.74, 6) is 0.564. The third-order valence-electron chi connectivity index (χ3n) is 3.42. The summed E-state index contributed by atoms with van der Waals surface area (Å²) in [4.78, 5) is 34.3. The number of amides is 2. The molecule has 0 bridgehead atoms. The Labute approximate surface area is 145 Å². The Morgan fingerprint density at radius 3 is 2.74 bits per heavy atom. The molecule has 7 nitrogen and oxygen atoms in total. The van der Waals surface area contributed by atoms with Crippen molar-refractivity contribution >= 4 is 45.5 Å². The first-order valence-corrected chi connectivity index (χ1v) is 9.39. The maximum Gasteiger partial charge on any atom is 0.276 e. The van der Waals surface area contributed by atoms with Crippen LogP contribution in [-0.2, 0) is 9.59 Å². The van der Waals surface area contributed by atoms with E-state index in [4.69, 9.17) is 0 Å². The Hall–Kier alpha value is -1.06. The summed E-state index contributed by atoms with van der Waals surface area (Å²) in [5.41, 5.74) is 0. The van der Waals surface area contributed by atoms with Crippen molar-refractivity contribution in [1.29, 1.82) is 0 Å². The Bertz CT molecular complexity index is 535. The average Bonchev–Trinajstić information content (AvgIpc) is 3.04. The molecule has 3 atom stereocenters. The average molecular weight is 358 g/mol. The van der Waals surface area contributed by atoms with Crippen LogP contribution in [0.1, 0.15) is 13.8 Å². The van der Waals surface area contributed by atoms with E-state index in [1.165, 1.54) is 30.4 Å². The zero-order valence-electron chi connectivity index (χ0n) is 13.8. The summed E-state index contributed by atoms with van der Waals surface area (Å²) >= 11 is 3.03. The maximum absolute atomic E-state index is 12.1. The molecule has 0 radical (unpaired) electrons. The van der Waals surface area contributed by atoms with Gasteiger partial charge in [-0.3, -0.25) is 19.6 Å². The Morgan fingerprint density at radius 1 is 1.35 bits per heavy atom. The quantitative estimate of drug-likeness (QED) is 0.733. The van der Waals surface area contributed by atoms with Crippen molar-refractivity contribution in [2.75, 3.05) is 32.9 Å². The molecule has 0 saturated heterocycles. The molecule has 128 valence electrons. The number of likely N-dealkylation sites (N-methyl/N-ethyl adjacent to an activating group) is 1. The van der Waals surface area contributed by atoms with Crippen LogP contribution in [0.2, 0.25) is 0 Å². The van der Waals surface area contributed by atoms with Gasteiger partial charge in [-0.15, -0.1) is 0 Å². The van der Waals surface area contributed by atoms with Gasteiger partial charge in [0.05, 0.1) is 17.3 Å². The molecule has 0 aromatic heterocycles. The van der Waals surface area contributed by atoms with Gasteiger partial charge >= 0.3 is 0 Å². The number of rotatable bonds is 5. The zero-order chi connectivity index (χ0) is 17.0. The lowest BCUT2D eigenvalue weighted by molar-refractivity contribution is -0.117. The number of hydrogen-bond acceptors (Lipinski definition) is 7. The van der Waals surface area contributed by atoms with Gasteiger partial charge in [0.1, 0.15) is 0 Å². The van der Waals surface area contributed by atoms with Crippen molar-refractivity contribution in [3.63, 3.8) is 0 Å². The number of carbonyl (C=O) groups excluding carboxylic acids is 2. The fourth-order valence-electron chi connectivity index (χ4n) is 2.28. The van der Waals surface area contributed by atoms with E-state index in [-0.39, 0.29) is 29.1 Å². The first kappa shape index (κ1) is 18.3. The molecule has 0 aliphatic carbocycles. The second-order valence-corrected chi connectivity index (χ2v) is 7.99. The van der Waals surface area contributed by atoms with Crippen LogP contribution in [-0.4, -0.2) is 77.2 Å². The van der Waals surface area contributed by atoms with Crippen LogP contribution in [0.25, 0.3) is 0 Å². The first-order chi connectivity index (χ1) is 10.9. The van der Waals surface area contributed by atoms with E-state index in [0.717, 1.165) is 12.3 Å². The van der Waals surface area contributed by atoms with Crippen molar-refractivity contribution in [3.05, 3.63) is 0 Å². The standard InChI is InChI=1S/C14H23N5O2S2/c1-8-11(23-14(16-8)17-9(2)20)10-7-22-13(18-10)12(21)15-5-6-19(3)4/h8,10-11H,5-7H2,1-4H3,(H,15,21)(H,16,17,20). The molecule has 23 heavy (non-hydrogen) atoms. The van der Waals surface area contributed by atoms with Gasteiger partial charge < -0.3 is 15.5 Å². The summed E-state index contributed by atoms with van der Waals surface area (Å²) in [6, 6.07) is 0.122. The molecular weight excluding hydrogens is 334 g/mol. The Morgan fingerprint density at radius 2 is 2.09 bits per heavy atom. The second-order valence-electron chi connectivity index (χ2n) is 5.81. The van der Waals surface area contributed by atoms with Gasteiger partial charge in [0.2, 0.25) is 5.91 Å². The van der Waals surface area contributed by atoms with Crippen molar-refractivity contribution in [1.82, 2.24) is 15.5 Å². The fraction of sp³-hybridized carbons (Fsp3) is 0.714. The summed E-state index contributed by atoms with van der Waals surface area (Å²) in [6.07, 6.45) is 0. The number of nitrogens with one attached hydrogen (secondary N) is 2. The van der Waals surface area contributed by atoms with Crippen LogP contribution in [0.4, 0.5) is 0 Å². The minimum Gasteiger partial charge on any atom is -0.349 e. The molecular formula is C14H23N5O2S2. The predicted molar refractivity (Wildman–Crippen MR) is 97.3 cm³/mol. The van der Waals surface area contributed by atoms with Crippen LogP contribution in [0.3, 0.4) is 0 Å². The lowest BCUT2D eigenvalue weighted by Gasteiger charge is -2.17. The van der Waals surface area contributed by atoms with Crippen molar-refractivity contribution in [2.45, 2.75) is 31.2 Å². The van der Waals surface area contributed by atoms with Gasteiger partial charge in [-0.05, 0) is 21.0 Å². The number of thioether (sulfide) groups is 2. The Balaban J connectivity index is 1.87. The molecule has 2 aliphatic rings. The topological polar surface area (TPSA) is 86.2 Å². The van der Waals surface area contributed by atoms with E-state index in [9.17, 15) is 9.59 Å². The van der Waals surface area contributed by atoms with Crippen LogP contribution >= 0.6 is 23.5 Å². The Kier molecular flexibility index (Phi) is 6.49. The minimum absolute atomic E-state index is 0.0459. The van der Waals surface area contributed by atoms with Gasteiger partial charge in [-0.25, -0.2) is 0 Å². The molecule has 0 aromatic rings. The highest BCUT2D eigenvalue weighted by Gasteiger charge is 2.37. The molecule has 3 unspecified atom stereocenters. The second kappa shape index (κ2) is 8.16. The summed E-state index contributed by atoms with van der Waals surface area (Å²) in [7, 11) is 3.94. The molecule has 2 aliphatic heterocycles. The summed E-state index contributed by atoms with van der Waals surface area (Å²) < 4.78 is 0. The molecule has 0 fully saturated rings. The SMILES string of the molecule is CC(=O)NC1=NC(C)C(C2CSC(C(=O)NCCN(C)C)=N2)S1. The summed E-state index contributed by atoms with van der Waals surface area (Å²) in [6.45, 7) is 4.90. The lowest BCUT2D eigenvalue weighted by atomic mass is 10.1. The van der Waals surface area contributed by atoms with Crippen LogP contribution in [0, 0.1) is 0 Å². The number of nitrogens with zero attached hydrogens (tertiary/aromatic N) is 3. The van der Waals surface area contributed by atoms with Gasteiger partial charge in [0.15, 0.2) is 10.2 Å². The maximum atomic E-state index is 12.1. The van der Waals surface area contributed by atoms with Crippen molar-refractivity contribution in [2.24, 2.45) is 9.98 Å². The van der Waals surface area contributed by atoms with E-state index in [1.54, 1.807) is 0 Å². The molecule has 2 rings (SSSR count). The molecule has 9 heteroatoms. The van der Waals surface area contributed by atoms with E-state index in [2.05, 4.69) is 20.6 Å². The fourth-order valence-corrected chi connectivity index (χ4v) is 4.68. The predicted octanol–water partition coefficient (Wildman–Crippen LogP) is 0.174. The van der Waals surface area contributed by atoms with E-state index >= 15 is 0 Å². The number of amidine groups is 1. The lowest BCUT2D eigenvalue weighted by Crippen LogP contribution is -2.34. The van der Waals surface area contributed by atoms with Crippen LogP contribution in [0.15, 0.2) is 9.98 Å². The monoisotopic (exact) mass is 357 g/mol. The van der Waals surface area contributed by atoms with Crippen LogP contribution in [0.5, 0.6) is 0 Å². The van der Waals surface area contributed by atoms with E-state index in [0.29, 0.717) is 16.8 Å². The third-order valence-corrected chi connectivity index (χ3v) is 5.90. The number of hydrogen-bond donors (Lipinski definition) is 2. The van der Waals surface area contributed by atoms with Gasteiger partial charge in [-0.2, -0.15) is 0 Å².